The van der Waals surface area contributed by atoms with Crippen molar-refractivity contribution >= 4 is 33.3 Å². The van der Waals surface area contributed by atoms with Crippen LogP contribution in [0.3, 0.4) is 0 Å². The second kappa shape index (κ2) is 9.63. The molecule has 32 heavy (non-hydrogen) atoms. The van der Waals surface area contributed by atoms with Crippen LogP contribution in [0.5, 0.6) is 0 Å². The van der Waals surface area contributed by atoms with E-state index in [1.54, 1.807) is 23.1 Å². The van der Waals surface area contributed by atoms with Gasteiger partial charge in [-0.1, -0.05) is 86.8 Å². The summed E-state index contributed by atoms with van der Waals surface area (Å²) in [6, 6.07) is 18.6. The van der Waals surface area contributed by atoms with E-state index in [1.165, 1.54) is 47.3 Å². The van der Waals surface area contributed by atoms with E-state index in [0.717, 1.165) is 46.1 Å². The Hall–Kier alpha value is -2.37. The molecular weight excluding hydrogens is 432 g/mol. The molecule has 0 unspecified atom stereocenters. The molecule has 0 aliphatic heterocycles. The number of hydrogen-bond acceptors (Lipinski definition) is 4. The molecule has 0 radical (unpaired) electrons. The van der Waals surface area contributed by atoms with Gasteiger partial charge in [-0.2, -0.15) is 0 Å². The third-order valence-corrected chi connectivity index (χ3v) is 8.38. The number of thioether (sulfide) groups is 1. The minimum absolute atomic E-state index is 0.0755. The van der Waals surface area contributed by atoms with Gasteiger partial charge in [-0.25, -0.2) is 4.98 Å². The van der Waals surface area contributed by atoms with Gasteiger partial charge in [0.15, 0.2) is 5.16 Å². The van der Waals surface area contributed by atoms with Gasteiger partial charge in [-0.3, -0.25) is 9.36 Å². The molecule has 5 rings (SSSR count). The van der Waals surface area contributed by atoms with Crippen molar-refractivity contribution in [3.8, 4) is 16.1 Å². The molecule has 0 fully saturated rings. The minimum atomic E-state index is 0.0755. The van der Waals surface area contributed by atoms with Crippen LogP contribution < -0.4 is 5.56 Å². The van der Waals surface area contributed by atoms with Crippen molar-refractivity contribution < 1.29 is 0 Å². The lowest BCUT2D eigenvalue weighted by Crippen LogP contribution is -2.22. The maximum Gasteiger partial charge on any atom is 0.267 e. The Bertz CT molecular complexity index is 1290. The normalized spacial score (nSPS) is 12.7. The number of unbranched alkanes of at least 4 members (excludes halogenated alkanes) is 4. The van der Waals surface area contributed by atoms with Crippen LogP contribution in [0.2, 0.25) is 0 Å². The zero-order valence-corrected chi connectivity index (χ0v) is 20.1. The Morgan fingerprint density at radius 1 is 0.969 bits per heavy atom. The topological polar surface area (TPSA) is 34.9 Å². The van der Waals surface area contributed by atoms with E-state index in [2.05, 4.69) is 31.2 Å². The zero-order valence-electron chi connectivity index (χ0n) is 18.5. The first-order chi connectivity index (χ1) is 15.8. The van der Waals surface area contributed by atoms with Gasteiger partial charge in [-0.05, 0) is 48.1 Å². The summed E-state index contributed by atoms with van der Waals surface area (Å²) in [6.45, 7) is 2.24. The van der Waals surface area contributed by atoms with Gasteiger partial charge in [0.1, 0.15) is 4.83 Å². The van der Waals surface area contributed by atoms with Crippen LogP contribution in [0, 0.1) is 0 Å². The fourth-order valence-corrected chi connectivity index (χ4v) is 6.87. The summed E-state index contributed by atoms with van der Waals surface area (Å²) < 4.78 is 1.84. The average Bonchev–Trinajstić information content (AvgIpc) is 3.21. The van der Waals surface area contributed by atoms with E-state index < -0.39 is 0 Å². The van der Waals surface area contributed by atoms with Gasteiger partial charge < -0.3 is 0 Å². The van der Waals surface area contributed by atoms with Crippen molar-refractivity contribution in [2.75, 3.05) is 5.75 Å². The standard InChI is InChI=1S/C27H28N2OS2/c1-2-3-4-5-11-18-31-27-28-25-23(26(30)29(27)20-13-7-6-8-14-20)22-17-16-19-12-9-10-15-21(19)24(22)32-25/h6-10,12-15H,2-5,11,16-18H2,1H3. The summed E-state index contributed by atoms with van der Waals surface area (Å²) in [7, 11) is 0. The van der Waals surface area contributed by atoms with Crippen molar-refractivity contribution in [2.45, 2.75) is 57.0 Å². The Morgan fingerprint density at radius 3 is 2.59 bits per heavy atom. The number of aryl methyl sites for hydroxylation is 2. The molecule has 2 aromatic heterocycles. The molecule has 0 spiro atoms. The first-order valence-electron chi connectivity index (χ1n) is 11.6. The summed E-state index contributed by atoms with van der Waals surface area (Å²) in [5.74, 6) is 0.989. The number of fused-ring (bicyclic) bond motifs is 5. The summed E-state index contributed by atoms with van der Waals surface area (Å²) >= 11 is 3.41. The Morgan fingerprint density at radius 2 is 1.75 bits per heavy atom. The number of aromatic nitrogens is 2. The van der Waals surface area contributed by atoms with Crippen LogP contribution in [-0.2, 0) is 12.8 Å². The summed E-state index contributed by atoms with van der Waals surface area (Å²) in [5.41, 5.74) is 4.80. The van der Waals surface area contributed by atoms with Crippen LogP contribution in [-0.4, -0.2) is 15.3 Å². The second-order valence-electron chi connectivity index (χ2n) is 8.38. The number of benzene rings is 2. The monoisotopic (exact) mass is 460 g/mol. The van der Waals surface area contributed by atoms with Gasteiger partial charge in [-0.15, -0.1) is 11.3 Å². The zero-order chi connectivity index (χ0) is 21.9. The number of rotatable bonds is 8. The largest absolute Gasteiger partial charge is 0.268 e. The van der Waals surface area contributed by atoms with Crippen LogP contribution in [0.15, 0.2) is 64.5 Å². The van der Waals surface area contributed by atoms with E-state index in [4.69, 9.17) is 4.98 Å². The third kappa shape index (κ3) is 4.04. The van der Waals surface area contributed by atoms with Crippen molar-refractivity contribution in [2.24, 2.45) is 0 Å². The maximum absolute atomic E-state index is 13.9. The van der Waals surface area contributed by atoms with Crippen LogP contribution in [0.25, 0.3) is 26.3 Å². The molecular formula is C27H28N2OS2. The predicted octanol–water partition coefficient (Wildman–Crippen LogP) is 7.28. The van der Waals surface area contributed by atoms with Crippen molar-refractivity contribution in [1.82, 2.24) is 9.55 Å². The SMILES string of the molecule is CCCCCCCSc1nc2sc3c(c2c(=O)n1-c1ccccc1)CCc1ccccc1-3. The van der Waals surface area contributed by atoms with Gasteiger partial charge in [0.2, 0.25) is 0 Å². The Kier molecular flexibility index (Phi) is 6.47. The van der Waals surface area contributed by atoms with Crippen molar-refractivity contribution in [3.05, 3.63) is 76.1 Å². The molecule has 2 aromatic carbocycles. The number of nitrogens with zero attached hydrogens (tertiary/aromatic N) is 2. The molecule has 4 aromatic rings. The minimum Gasteiger partial charge on any atom is -0.268 e. The summed E-state index contributed by atoms with van der Waals surface area (Å²) in [4.78, 5) is 21.1. The van der Waals surface area contributed by atoms with E-state index in [1.807, 2.05) is 34.9 Å². The smallest absolute Gasteiger partial charge is 0.267 e. The number of thiophene rings is 1. The maximum atomic E-state index is 13.9. The molecule has 0 amide bonds. The first kappa shape index (κ1) is 21.5. The van der Waals surface area contributed by atoms with E-state index in [0.29, 0.717) is 0 Å². The van der Waals surface area contributed by atoms with E-state index in [-0.39, 0.29) is 5.56 Å². The molecule has 1 aliphatic carbocycles. The van der Waals surface area contributed by atoms with Gasteiger partial charge in [0, 0.05) is 10.6 Å². The number of hydrogen-bond donors (Lipinski definition) is 0. The molecule has 2 heterocycles. The summed E-state index contributed by atoms with van der Waals surface area (Å²) in [6.07, 6.45) is 8.11. The van der Waals surface area contributed by atoms with Crippen LogP contribution >= 0.6 is 23.1 Å². The van der Waals surface area contributed by atoms with Crippen molar-refractivity contribution in [3.63, 3.8) is 0 Å². The second-order valence-corrected chi connectivity index (χ2v) is 10.4. The molecule has 5 heteroatoms. The molecule has 1 aliphatic rings. The van der Waals surface area contributed by atoms with E-state index in [9.17, 15) is 4.79 Å². The molecule has 0 N–H and O–H groups in total. The molecule has 0 atom stereocenters. The average molecular weight is 461 g/mol. The molecule has 3 nitrogen and oxygen atoms in total. The molecule has 0 saturated carbocycles. The van der Waals surface area contributed by atoms with Crippen LogP contribution in [0.1, 0.15) is 50.2 Å². The first-order valence-corrected chi connectivity index (χ1v) is 13.4. The lowest BCUT2D eigenvalue weighted by molar-refractivity contribution is 0.659. The van der Waals surface area contributed by atoms with Crippen LogP contribution in [0.4, 0.5) is 0 Å². The van der Waals surface area contributed by atoms with Crippen molar-refractivity contribution in [1.29, 1.82) is 0 Å². The quantitative estimate of drug-likeness (QED) is 0.157. The lowest BCUT2D eigenvalue weighted by atomic mass is 9.90. The summed E-state index contributed by atoms with van der Waals surface area (Å²) in [5, 5.41) is 1.63. The highest BCUT2D eigenvalue weighted by Gasteiger charge is 2.25. The van der Waals surface area contributed by atoms with E-state index >= 15 is 0 Å². The molecule has 0 bridgehead atoms. The highest BCUT2D eigenvalue weighted by molar-refractivity contribution is 7.99. The predicted molar refractivity (Wildman–Crippen MR) is 138 cm³/mol. The number of para-hydroxylation sites is 1. The van der Waals surface area contributed by atoms with Gasteiger partial charge >= 0.3 is 0 Å². The van der Waals surface area contributed by atoms with Gasteiger partial charge in [0.05, 0.1) is 11.1 Å². The lowest BCUT2D eigenvalue weighted by Gasteiger charge is -2.16. The third-order valence-electron chi connectivity index (χ3n) is 6.19. The highest BCUT2D eigenvalue weighted by atomic mass is 32.2. The Labute approximate surface area is 197 Å². The molecule has 0 saturated heterocycles. The fourth-order valence-electron chi connectivity index (χ4n) is 4.53. The molecule has 164 valence electrons. The van der Waals surface area contributed by atoms with Gasteiger partial charge in [0.25, 0.3) is 5.56 Å². The Balaban J connectivity index is 1.59. The fraction of sp³-hybridized carbons (Fsp3) is 0.333. The highest BCUT2D eigenvalue weighted by Crippen LogP contribution is 2.42.